The number of aromatic nitrogens is 2. The summed E-state index contributed by atoms with van der Waals surface area (Å²) in [6, 6.07) is 0. The van der Waals surface area contributed by atoms with Gasteiger partial charge in [0.2, 0.25) is 0 Å². The van der Waals surface area contributed by atoms with Crippen LogP contribution in [-0.2, 0) is 11.5 Å². The highest BCUT2D eigenvalue weighted by Gasteiger charge is 2.27. The summed E-state index contributed by atoms with van der Waals surface area (Å²) < 4.78 is 40.3. The van der Waals surface area contributed by atoms with Gasteiger partial charge in [-0.15, -0.1) is 0 Å². The highest BCUT2D eigenvalue weighted by molar-refractivity contribution is 5.00. The Kier molecular flexibility index (Phi) is 3.53. The second kappa shape index (κ2) is 4.52. The van der Waals surface area contributed by atoms with Crippen molar-refractivity contribution in [2.24, 2.45) is 0 Å². The van der Waals surface area contributed by atoms with Gasteiger partial charge in [-0.05, 0) is 6.92 Å². The van der Waals surface area contributed by atoms with Crippen molar-refractivity contribution >= 4 is 0 Å². The number of hydrogen-bond donors (Lipinski definition) is 1. The third kappa shape index (κ3) is 3.54. The monoisotopic (exact) mass is 238 g/mol. The lowest BCUT2D eigenvalue weighted by Crippen LogP contribution is -2.32. The van der Waals surface area contributed by atoms with Crippen LogP contribution in [0.2, 0.25) is 0 Å². The van der Waals surface area contributed by atoms with Gasteiger partial charge in [0, 0.05) is 11.8 Å². The molecule has 0 saturated heterocycles. The molecule has 5 nitrogen and oxygen atoms in total. The van der Waals surface area contributed by atoms with Crippen molar-refractivity contribution in [3.05, 3.63) is 32.6 Å². The van der Waals surface area contributed by atoms with Crippen LogP contribution in [0.15, 0.2) is 15.8 Å². The van der Waals surface area contributed by atoms with Crippen LogP contribution in [-0.4, -0.2) is 22.3 Å². The smallest absolute Gasteiger partial charge is 0.351 e. The maximum absolute atomic E-state index is 11.7. The summed E-state index contributed by atoms with van der Waals surface area (Å²) in [6.07, 6.45) is -3.31. The fourth-order valence-corrected chi connectivity index (χ4v) is 0.974. The predicted molar refractivity (Wildman–Crippen MR) is 48.1 cm³/mol. The molecule has 0 saturated carbocycles. The van der Waals surface area contributed by atoms with Gasteiger partial charge in [-0.1, -0.05) is 0 Å². The van der Waals surface area contributed by atoms with Gasteiger partial charge in [0.1, 0.15) is 13.3 Å². The molecule has 1 N–H and O–H groups in total. The Balaban J connectivity index is 2.72. The average Bonchev–Trinajstić information content (AvgIpc) is 2.11. The maximum atomic E-state index is 11.7. The third-order valence-electron chi connectivity index (χ3n) is 1.69. The van der Waals surface area contributed by atoms with E-state index >= 15 is 0 Å². The molecule has 0 unspecified atom stereocenters. The summed E-state index contributed by atoms with van der Waals surface area (Å²) in [7, 11) is 0. The number of halogens is 3. The summed E-state index contributed by atoms with van der Waals surface area (Å²) in [5.41, 5.74) is -1.16. The summed E-state index contributed by atoms with van der Waals surface area (Å²) in [6.45, 7) is -0.577. The first-order chi connectivity index (χ1) is 7.29. The predicted octanol–water partition coefficient (Wildman–Crippen LogP) is 0.381. The molecule has 0 fully saturated rings. The molecule has 0 amide bonds. The van der Waals surface area contributed by atoms with E-state index < -0.39 is 30.8 Å². The largest absolute Gasteiger partial charge is 0.411 e. The van der Waals surface area contributed by atoms with Crippen molar-refractivity contribution in [2.75, 3.05) is 6.61 Å². The number of aromatic amines is 1. The number of hydrogen-bond acceptors (Lipinski definition) is 3. The minimum Gasteiger partial charge on any atom is -0.351 e. The summed E-state index contributed by atoms with van der Waals surface area (Å²) in [4.78, 5) is 24.0. The highest BCUT2D eigenvalue weighted by Crippen LogP contribution is 2.14. The standard InChI is InChI=1S/C8H9F3N2O3/c1-5-2-13(7(15)12-6(5)14)4-16-3-8(9,10)11/h2H,3-4H2,1H3,(H,12,14,15). The molecule has 0 spiro atoms. The van der Waals surface area contributed by atoms with E-state index in [-0.39, 0.29) is 5.56 Å². The Labute approximate surface area is 87.5 Å². The molecule has 0 bridgehead atoms. The Morgan fingerprint density at radius 1 is 1.44 bits per heavy atom. The zero-order chi connectivity index (χ0) is 12.3. The van der Waals surface area contributed by atoms with E-state index in [9.17, 15) is 22.8 Å². The van der Waals surface area contributed by atoms with Gasteiger partial charge < -0.3 is 4.74 Å². The molecule has 0 aliphatic heterocycles. The van der Waals surface area contributed by atoms with Gasteiger partial charge in [0.15, 0.2) is 0 Å². The Morgan fingerprint density at radius 3 is 2.62 bits per heavy atom. The van der Waals surface area contributed by atoms with Gasteiger partial charge >= 0.3 is 11.9 Å². The molecular formula is C8H9F3N2O3. The highest BCUT2D eigenvalue weighted by atomic mass is 19.4. The molecule has 16 heavy (non-hydrogen) atoms. The zero-order valence-corrected chi connectivity index (χ0v) is 8.30. The van der Waals surface area contributed by atoms with Crippen LogP contribution in [0.3, 0.4) is 0 Å². The quantitative estimate of drug-likeness (QED) is 0.828. The van der Waals surface area contributed by atoms with Crippen LogP contribution >= 0.6 is 0 Å². The van der Waals surface area contributed by atoms with Crippen LogP contribution in [0.5, 0.6) is 0 Å². The molecule has 0 radical (unpaired) electrons. The van der Waals surface area contributed by atoms with Crippen molar-refractivity contribution in [1.29, 1.82) is 0 Å². The number of H-pyrrole nitrogens is 1. The van der Waals surface area contributed by atoms with Crippen LogP contribution in [0.4, 0.5) is 13.2 Å². The Hall–Kier alpha value is -1.57. The number of nitrogens with one attached hydrogen (secondary N) is 1. The number of ether oxygens (including phenoxy) is 1. The van der Waals surface area contributed by atoms with E-state index in [2.05, 4.69) is 4.74 Å². The summed E-state index contributed by atoms with van der Waals surface area (Å²) >= 11 is 0. The van der Waals surface area contributed by atoms with Crippen molar-refractivity contribution in [1.82, 2.24) is 9.55 Å². The Morgan fingerprint density at radius 2 is 2.06 bits per heavy atom. The zero-order valence-electron chi connectivity index (χ0n) is 8.30. The molecule has 0 aliphatic rings. The lowest BCUT2D eigenvalue weighted by atomic mass is 10.4. The number of alkyl halides is 3. The minimum absolute atomic E-state index is 0.218. The molecule has 0 aliphatic carbocycles. The first-order valence-electron chi connectivity index (χ1n) is 4.24. The number of rotatable bonds is 3. The van der Waals surface area contributed by atoms with Gasteiger partial charge in [-0.3, -0.25) is 14.3 Å². The molecule has 8 heteroatoms. The fraction of sp³-hybridized carbons (Fsp3) is 0.500. The minimum atomic E-state index is -4.44. The molecule has 1 aromatic rings. The van der Waals surface area contributed by atoms with Gasteiger partial charge in [-0.2, -0.15) is 13.2 Å². The third-order valence-corrected chi connectivity index (χ3v) is 1.69. The van der Waals surface area contributed by atoms with Gasteiger partial charge in [0.25, 0.3) is 5.56 Å². The normalized spacial score (nSPS) is 11.8. The van der Waals surface area contributed by atoms with Crippen LogP contribution in [0.1, 0.15) is 5.56 Å². The lowest BCUT2D eigenvalue weighted by molar-refractivity contribution is -0.182. The molecule has 1 heterocycles. The van der Waals surface area contributed by atoms with Gasteiger partial charge in [-0.25, -0.2) is 4.79 Å². The lowest BCUT2D eigenvalue weighted by Gasteiger charge is -2.09. The van der Waals surface area contributed by atoms with Crippen molar-refractivity contribution in [2.45, 2.75) is 19.8 Å². The molecular weight excluding hydrogens is 229 g/mol. The van der Waals surface area contributed by atoms with E-state index in [4.69, 9.17) is 0 Å². The molecule has 1 aromatic heterocycles. The van der Waals surface area contributed by atoms with E-state index in [0.29, 0.717) is 0 Å². The molecule has 90 valence electrons. The molecule has 0 atom stereocenters. The maximum Gasteiger partial charge on any atom is 0.411 e. The van der Waals surface area contributed by atoms with Gasteiger partial charge in [0.05, 0.1) is 0 Å². The summed E-state index contributed by atoms with van der Waals surface area (Å²) in [5.74, 6) is 0. The number of aryl methyl sites for hydroxylation is 1. The van der Waals surface area contributed by atoms with E-state index in [1.165, 1.54) is 6.92 Å². The Bertz CT molecular complexity index is 475. The SMILES string of the molecule is Cc1cn(COCC(F)(F)F)c(=O)[nH]c1=O. The first-order valence-corrected chi connectivity index (χ1v) is 4.24. The number of nitrogens with zero attached hydrogens (tertiary/aromatic N) is 1. The summed E-state index contributed by atoms with van der Waals surface area (Å²) in [5, 5.41) is 0. The second-order valence-electron chi connectivity index (χ2n) is 3.13. The topological polar surface area (TPSA) is 64.1 Å². The van der Waals surface area contributed by atoms with Crippen LogP contribution in [0.25, 0.3) is 0 Å². The van der Waals surface area contributed by atoms with E-state index in [1.807, 2.05) is 4.98 Å². The molecule has 0 aromatic carbocycles. The average molecular weight is 238 g/mol. The van der Waals surface area contributed by atoms with Crippen LogP contribution < -0.4 is 11.2 Å². The fourth-order valence-electron chi connectivity index (χ4n) is 0.974. The van der Waals surface area contributed by atoms with Crippen molar-refractivity contribution in [3.8, 4) is 0 Å². The van der Waals surface area contributed by atoms with Crippen molar-refractivity contribution in [3.63, 3.8) is 0 Å². The first kappa shape index (κ1) is 12.5. The van der Waals surface area contributed by atoms with E-state index in [1.54, 1.807) is 0 Å². The molecule has 1 rings (SSSR count). The van der Waals surface area contributed by atoms with Crippen molar-refractivity contribution < 1.29 is 17.9 Å². The second-order valence-corrected chi connectivity index (χ2v) is 3.13. The van der Waals surface area contributed by atoms with Crippen LogP contribution in [0, 0.1) is 6.92 Å². The van der Waals surface area contributed by atoms with E-state index in [0.717, 1.165) is 10.8 Å².